The van der Waals surface area contributed by atoms with E-state index < -0.39 is 23.8 Å². The number of ether oxygens (including phenoxy) is 2. The molecule has 0 bridgehead atoms. The van der Waals surface area contributed by atoms with Gasteiger partial charge in [0.15, 0.2) is 5.78 Å². The largest absolute Gasteiger partial charge is 0.494 e. The number of nitrogens with zero attached hydrogens (tertiary/aromatic N) is 2. The normalized spacial score (nSPS) is 12.1. The van der Waals surface area contributed by atoms with Crippen LogP contribution in [0.4, 0.5) is 8.78 Å². The zero-order chi connectivity index (χ0) is 31.3. The van der Waals surface area contributed by atoms with Crippen molar-refractivity contribution in [2.45, 2.75) is 63.1 Å². The van der Waals surface area contributed by atoms with E-state index in [-0.39, 0.29) is 18.0 Å². The summed E-state index contributed by atoms with van der Waals surface area (Å²) in [6.07, 6.45) is 7.04. The van der Waals surface area contributed by atoms with Crippen molar-refractivity contribution in [1.82, 2.24) is 9.55 Å². The highest BCUT2D eigenvalue weighted by molar-refractivity contribution is 7.84. The van der Waals surface area contributed by atoms with Gasteiger partial charge in [-0.15, -0.1) is 0 Å². The lowest BCUT2D eigenvalue weighted by Crippen LogP contribution is -2.08. The van der Waals surface area contributed by atoms with Gasteiger partial charge in [0.05, 0.1) is 35.2 Å². The number of imidazole rings is 1. The zero-order valence-corrected chi connectivity index (χ0v) is 25.9. The number of unbranched alkanes of at least 4 members (excludes halogenated alkanes) is 1. The number of halogens is 2. The Balaban J connectivity index is 1.43. The van der Waals surface area contributed by atoms with Crippen molar-refractivity contribution in [3.8, 4) is 22.6 Å². The fourth-order valence-corrected chi connectivity index (χ4v) is 5.67. The average Bonchev–Trinajstić information content (AvgIpc) is 3.46. The Labute approximate surface area is 260 Å². The molecule has 0 spiro atoms. The monoisotopic (exact) mass is 620 g/mol. The Morgan fingerprint density at radius 3 is 2.43 bits per heavy atom. The van der Waals surface area contributed by atoms with Gasteiger partial charge in [-0.3, -0.25) is 9.00 Å². The summed E-state index contributed by atoms with van der Waals surface area (Å²) in [5.74, 6) is 1.25. The first-order valence-corrected chi connectivity index (χ1v) is 16.1. The number of alkyl halides is 2. The summed E-state index contributed by atoms with van der Waals surface area (Å²) in [5, 5.41) is 0. The third-order valence-corrected chi connectivity index (χ3v) is 8.24. The fourth-order valence-electron chi connectivity index (χ4n) is 4.55. The van der Waals surface area contributed by atoms with Gasteiger partial charge in [0, 0.05) is 29.6 Å². The predicted octanol–water partition coefficient (Wildman–Crippen LogP) is 7.92. The SMILES string of the molecule is CCCCOc1ccc(-c2ccc(OCC(F)F)c(/C=C/C(=O)Cc3ccc([S@@](=O)Cc4cncn4CCC)cc3)c2)cc1. The van der Waals surface area contributed by atoms with Crippen LogP contribution in [0.3, 0.4) is 0 Å². The molecule has 0 aliphatic carbocycles. The van der Waals surface area contributed by atoms with Crippen LogP contribution in [-0.4, -0.2) is 39.2 Å². The van der Waals surface area contributed by atoms with Crippen molar-refractivity contribution in [3.05, 3.63) is 102 Å². The van der Waals surface area contributed by atoms with Gasteiger partial charge in [-0.1, -0.05) is 50.6 Å². The van der Waals surface area contributed by atoms with E-state index in [2.05, 4.69) is 18.8 Å². The molecule has 0 amide bonds. The topological polar surface area (TPSA) is 70.4 Å². The molecule has 0 saturated carbocycles. The number of ketones is 1. The van der Waals surface area contributed by atoms with E-state index in [0.717, 1.165) is 53.9 Å². The van der Waals surface area contributed by atoms with Crippen molar-refractivity contribution in [3.63, 3.8) is 0 Å². The van der Waals surface area contributed by atoms with Crippen LogP contribution in [0.15, 0.2) is 90.2 Å². The van der Waals surface area contributed by atoms with Gasteiger partial charge in [-0.25, -0.2) is 13.8 Å². The molecule has 0 aliphatic rings. The molecule has 0 N–H and O–H groups in total. The van der Waals surface area contributed by atoms with Crippen LogP contribution in [-0.2, 0) is 34.3 Å². The Bertz CT molecular complexity index is 1550. The maximum absolute atomic E-state index is 12.9. The Morgan fingerprint density at radius 2 is 1.73 bits per heavy atom. The minimum Gasteiger partial charge on any atom is -0.494 e. The maximum Gasteiger partial charge on any atom is 0.272 e. The third kappa shape index (κ3) is 9.71. The first-order chi connectivity index (χ1) is 21.4. The number of benzene rings is 3. The van der Waals surface area contributed by atoms with E-state index in [4.69, 9.17) is 9.47 Å². The molecule has 0 aliphatic heterocycles. The number of aryl methyl sites for hydroxylation is 1. The second-order valence-electron chi connectivity index (χ2n) is 10.4. The number of rotatable bonds is 17. The first kappa shape index (κ1) is 32.8. The van der Waals surface area contributed by atoms with Gasteiger partial charge in [0.25, 0.3) is 6.43 Å². The molecule has 0 unspecified atom stereocenters. The summed E-state index contributed by atoms with van der Waals surface area (Å²) in [6.45, 7) is 4.93. The summed E-state index contributed by atoms with van der Waals surface area (Å²) < 4.78 is 51.8. The summed E-state index contributed by atoms with van der Waals surface area (Å²) >= 11 is 0. The van der Waals surface area contributed by atoms with E-state index in [1.54, 1.807) is 55.0 Å². The van der Waals surface area contributed by atoms with Gasteiger partial charge >= 0.3 is 0 Å². The van der Waals surface area contributed by atoms with Crippen LogP contribution < -0.4 is 9.47 Å². The molecule has 44 heavy (non-hydrogen) atoms. The van der Waals surface area contributed by atoms with Crippen LogP contribution >= 0.6 is 0 Å². The summed E-state index contributed by atoms with van der Waals surface area (Å²) in [5.41, 5.74) is 3.99. The molecule has 1 aromatic heterocycles. The highest BCUT2D eigenvalue weighted by Crippen LogP contribution is 2.29. The van der Waals surface area contributed by atoms with E-state index in [0.29, 0.717) is 22.8 Å². The highest BCUT2D eigenvalue weighted by Gasteiger charge is 2.12. The third-order valence-electron chi connectivity index (χ3n) is 6.88. The van der Waals surface area contributed by atoms with Crippen LogP contribution in [0.25, 0.3) is 17.2 Å². The second-order valence-corrected chi connectivity index (χ2v) is 11.8. The zero-order valence-electron chi connectivity index (χ0n) is 25.1. The fraction of sp³-hybridized carbons (Fsp3) is 0.314. The number of aromatic nitrogens is 2. The lowest BCUT2D eigenvalue weighted by atomic mass is 10.0. The molecule has 0 saturated heterocycles. The van der Waals surface area contributed by atoms with Gasteiger partial charge in [-0.05, 0) is 78.1 Å². The number of carbonyl (C=O) groups is 1. The van der Waals surface area contributed by atoms with Gasteiger partial charge in [-0.2, -0.15) is 0 Å². The van der Waals surface area contributed by atoms with Crippen molar-refractivity contribution in [2.24, 2.45) is 0 Å². The summed E-state index contributed by atoms with van der Waals surface area (Å²) in [4.78, 5) is 17.7. The molecule has 4 rings (SSSR count). The van der Waals surface area contributed by atoms with Crippen LogP contribution in [0, 0.1) is 0 Å². The van der Waals surface area contributed by atoms with E-state index >= 15 is 0 Å². The lowest BCUT2D eigenvalue weighted by molar-refractivity contribution is -0.113. The second kappa shape index (κ2) is 16.7. The predicted molar refractivity (Wildman–Crippen MR) is 171 cm³/mol. The lowest BCUT2D eigenvalue weighted by Gasteiger charge is -2.12. The van der Waals surface area contributed by atoms with Gasteiger partial charge in [0.2, 0.25) is 0 Å². The van der Waals surface area contributed by atoms with Gasteiger partial charge < -0.3 is 14.0 Å². The molecule has 4 aromatic rings. The number of carbonyl (C=O) groups excluding carboxylic acids is 1. The van der Waals surface area contributed by atoms with Crippen LogP contribution in [0.1, 0.15) is 49.9 Å². The van der Waals surface area contributed by atoms with Crippen molar-refractivity contribution < 1.29 is 27.3 Å². The van der Waals surface area contributed by atoms with Gasteiger partial charge in [0.1, 0.15) is 18.1 Å². The highest BCUT2D eigenvalue weighted by atomic mass is 32.2. The van der Waals surface area contributed by atoms with Crippen LogP contribution in [0.2, 0.25) is 0 Å². The molecule has 1 heterocycles. The first-order valence-electron chi connectivity index (χ1n) is 14.8. The van der Waals surface area contributed by atoms with E-state index in [9.17, 15) is 17.8 Å². The number of hydrogen-bond acceptors (Lipinski definition) is 5. The summed E-state index contributed by atoms with van der Waals surface area (Å²) in [6, 6.07) is 20.1. The Kier molecular flexibility index (Phi) is 12.4. The van der Waals surface area contributed by atoms with Crippen molar-refractivity contribution in [1.29, 1.82) is 0 Å². The Hall–Kier alpha value is -4.11. The van der Waals surface area contributed by atoms with Crippen molar-refractivity contribution >= 4 is 22.7 Å². The number of hydrogen-bond donors (Lipinski definition) is 0. The molecule has 6 nitrogen and oxygen atoms in total. The Morgan fingerprint density at radius 1 is 0.977 bits per heavy atom. The molecular weight excluding hydrogens is 582 g/mol. The maximum atomic E-state index is 12.9. The molecule has 0 radical (unpaired) electrons. The molecule has 9 heteroatoms. The minimum atomic E-state index is -2.62. The quantitative estimate of drug-likeness (QED) is 0.0886. The molecule has 3 aromatic carbocycles. The standard InChI is InChI=1S/C35H38F2N2O4S/c1-3-5-19-42-32-13-9-27(10-14-32)28-11-17-34(43-23-35(36)37)29(21-28)8-12-31(40)20-26-6-15-33(16-7-26)44(41)24-30-22-38-25-39(30)18-4-2/h6-17,21-22,25,35H,3-5,18-20,23-24H2,1-2H3/b12-8+/t44-/m0/s1. The smallest absolute Gasteiger partial charge is 0.272 e. The molecule has 1 atom stereocenters. The molecular formula is C35H38F2N2O4S. The minimum absolute atomic E-state index is 0.138. The van der Waals surface area contributed by atoms with E-state index in [1.165, 1.54) is 6.08 Å². The average molecular weight is 621 g/mol. The van der Waals surface area contributed by atoms with Crippen LogP contribution in [0.5, 0.6) is 11.5 Å². The molecule has 232 valence electrons. The van der Waals surface area contributed by atoms with Crippen molar-refractivity contribution in [2.75, 3.05) is 13.2 Å². The summed E-state index contributed by atoms with van der Waals surface area (Å²) in [7, 11) is -1.24. The molecule has 0 fully saturated rings. The van der Waals surface area contributed by atoms with E-state index in [1.807, 2.05) is 34.9 Å². The number of allylic oxidation sites excluding steroid dienone is 1.